The zero-order valence-electron chi connectivity index (χ0n) is 11.0. The van der Waals surface area contributed by atoms with Crippen LogP contribution >= 0.6 is 0 Å². The molecule has 4 heteroatoms. The van der Waals surface area contributed by atoms with Gasteiger partial charge in [0.1, 0.15) is 5.82 Å². The zero-order valence-corrected chi connectivity index (χ0v) is 11.0. The number of aliphatic hydroxyl groups excluding tert-OH is 1. The molecule has 1 unspecified atom stereocenters. The number of pyridine rings is 1. The van der Waals surface area contributed by atoms with Gasteiger partial charge < -0.3 is 10.0 Å². The van der Waals surface area contributed by atoms with E-state index in [1.807, 2.05) is 24.0 Å². The summed E-state index contributed by atoms with van der Waals surface area (Å²) in [6, 6.07) is 10.1. The summed E-state index contributed by atoms with van der Waals surface area (Å²) >= 11 is 0. The van der Waals surface area contributed by atoms with Crippen LogP contribution < -0.4 is 4.90 Å². The number of benzene rings is 1. The lowest BCUT2D eigenvalue weighted by atomic mass is 10.2. The van der Waals surface area contributed by atoms with Crippen molar-refractivity contribution in [1.82, 2.24) is 4.98 Å². The number of aliphatic hydroxyl groups is 1. The summed E-state index contributed by atoms with van der Waals surface area (Å²) in [6.45, 7) is 4.37. The van der Waals surface area contributed by atoms with Crippen molar-refractivity contribution in [2.75, 3.05) is 11.4 Å². The minimum absolute atomic E-state index is 0.260. The second-order valence-electron chi connectivity index (χ2n) is 4.34. The van der Waals surface area contributed by atoms with E-state index in [0.717, 1.165) is 11.4 Å². The molecule has 0 radical (unpaired) electrons. The normalized spacial score (nSPS) is 12.2. The first-order valence-corrected chi connectivity index (χ1v) is 6.29. The van der Waals surface area contributed by atoms with Crippen molar-refractivity contribution < 1.29 is 9.50 Å². The van der Waals surface area contributed by atoms with Crippen LogP contribution in [0.15, 0.2) is 42.6 Å². The number of nitrogens with zero attached hydrogens (tertiary/aromatic N) is 2. The number of aromatic nitrogens is 1. The first-order valence-electron chi connectivity index (χ1n) is 6.29. The molecule has 0 aliphatic rings. The number of anilines is 2. The van der Waals surface area contributed by atoms with Crippen LogP contribution in [0, 0.1) is 5.82 Å². The maximum absolute atomic E-state index is 13.3. The van der Waals surface area contributed by atoms with E-state index in [1.54, 1.807) is 25.3 Å². The van der Waals surface area contributed by atoms with Crippen LogP contribution in [-0.2, 0) is 0 Å². The predicted molar refractivity (Wildman–Crippen MR) is 74.0 cm³/mol. The van der Waals surface area contributed by atoms with Gasteiger partial charge in [-0.3, -0.25) is 4.98 Å². The van der Waals surface area contributed by atoms with E-state index in [-0.39, 0.29) is 5.82 Å². The molecule has 0 aliphatic carbocycles. The lowest BCUT2D eigenvalue weighted by Gasteiger charge is -2.23. The SMILES string of the molecule is CCN(c1ccc(C(C)O)nc1)c1cccc(F)c1. The van der Waals surface area contributed by atoms with Crippen LogP contribution in [0.5, 0.6) is 0 Å². The van der Waals surface area contributed by atoms with Crippen molar-refractivity contribution in [3.8, 4) is 0 Å². The molecular weight excluding hydrogens is 243 g/mol. The highest BCUT2D eigenvalue weighted by Crippen LogP contribution is 2.25. The van der Waals surface area contributed by atoms with Crippen LogP contribution in [0.3, 0.4) is 0 Å². The maximum Gasteiger partial charge on any atom is 0.125 e. The molecule has 3 nitrogen and oxygen atoms in total. The van der Waals surface area contributed by atoms with Gasteiger partial charge in [-0.15, -0.1) is 0 Å². The van der Waals surface area contributed by atoms with Gasteiger partial charge in [0, 0.05) is 12.2 Å². The van der Waals surface area contributed by atoms with E-state index in [0.29, 0.717) is 12.2 Å². The van der Waals surface area contributed by atoms with E-state index in [1.165, 1.54) is 12.1 Å². The number of halogens is 1. The molecule has 19 heavy (non-hydrogen) atoms. The van der Waals surface area contributed by atoms with Gasteiger partial charge in [-0.1, -0.05) is 6.07 Å². The van der Waals surface area contributed by atoms with Gasteiger partial charge in [0.2, 0.25) is 0 Å². The van der Waals surface area contributed by atoms with Crippen molar-refractivity contribution in [1.29, 1.82) is 0 Å². The third kappa shape index (κ3) is 3.09. The largest absolute Gasteiger partial charge is 0.387 e. The van der Waals surface area contributed by atoms with Crippen molar-refractivity contribution in [3.05, 3.63) is 54.1 Å². The third-order valence-corrected chi connectivity index (χ3v) is 2.95. The third-order valence-electron chi connectivity index (χ3n) is 2.95. The highest BCUT2D eigenvalue weighted by Gasteiger charge is 2.09. The fourth-order valence-electron chi connectivity index (χ4n) is 1.96. The first-order chi connectivity index (χ1) is 9.11. The molecule has 0 aliphatic heterocycles. The molecule has 0 saturated heterocycles. The van der Waals surface area contributed by atoms with Crippen LogP contribution in [-0.4, -0.2) is 16.6 Å². The average Bonchev–Trinajstić information content (AvgIpc) is 2.40. The molecule has 1 aromatic carbocycles. The van der Waals surface area contributed by atoms with Crippen LogP contribution in [0.4, 0.5) is 15.8 Å². The Morgan fingerprint density at radius 2 is 2.05 bits per heavy atom. The molecule has 0 bridgehead atoms. The molecule has 1 atom stereocenters. The molecule has 0 amide bonds. The average molecular weight is 260 g/mol. The van der Waals surface area contributed by atoms with E-state index in [4.69, 9.17) is 0 Å². The Kier molecular flexibility index (Phi) is 4.12. The second-order valence-corrected chi connectivity index (χ2v) is 4.34. The Labute approximate surface area is 112 Å². The lowest BCUT2D eigenvalue weighted by Crippen LogP contribution is -2.16. The van der Waals surface area contributed by atoms with Crippen LogP contribution in [0.25, 0.3) is 0 Å². The fraction of sp³-hybridized carbons (Fsp3) is 0.267. The number of rotatable bonds is 4. The summed E-state index contributed by atoms with van der Waals surface area (Å²) in [4.78, 5) is 6.17. The molecule has 2 rings (SSSR count). The van der Waals surface area contributed by atoms with Crippen molar-refractivity contribution >= 4 is 11.4 Å². The summed E-state index contributed by atoms with van der Waals surface area (Å²) in [6.07, 6.45) is 1.11. The molecular formula is C15H17FN2O. The molecule has 0 saturated carbocycles. The zero-order chi connectivity index (χ0) is 13.8. The Hall–Kier alpha value is -1.94. The van der Waals surface area contributed by atoms with E-state index in [9.17, 15) is 9.50 Å². The van der Waals surface area contributed by atoms with Crippen molar-refractivity contribution in [2.24, 2.45) is 0 Å². The smallest absolute Gasteiger partial charge is 0.125 e. The molecule has 1 heterocycles. The molecule has 1 N–H and O–H groups in total. The fourth-order valence-corrected chi connectivity index (χ4v) is 1.96. The summed E-state index contributed by atoms with van der Waals surface area (Å²) in [7, 11) is 0. The first kappa shape index (κ1) is 13.5. The summed E-state index contributed by atoms with van der Waals surface area (Å²) in [5.74, 6) is -0.260. The summed E-state index contributed by atoms with van der Waals surface area (Å²) in [5, 5.41) is 9.44. The van der Waals surface area contributed by atoms with Crippen molar-refractivity contribution in [3.63, 3.8) is 0 Å². The van der Waals surface area contributed by atoms with Gasteiger partial charge in [-0.2, -0.15) is 0 Å². The quantitative estimate of drug-likeness (QED) is 0.915. The Balaban J connectivity index is 2.31. The topological polar surface area (TPSA) is 36.4 Å². The van der Waals surface area contributed by atoms with Crippen LogP contribution in [0.2, 0.25) is 0 Å². The van der Waals surface area contributed by atoms with Gasteiger partial charge >= 0.3 is 0 Å². The molecule has 100 valence electrons. The standard InChI is InChI=1S/C15H17FN2O/c1-3-18(13-6-4-5-12(16)9-13)14-7-8-15(11(2)19)17-10-14/h4-11,19H,3H2,1-2H3. The molecule has 0 spiro atoms. The predicted octanol–water partition coefficient (Wildman–Crippen LogP) is 3.43. The highest BCUT2D eigenvalue weighted by molar-refractivity contribution is 5.62. The van der Waals surface area contributed by atoms with Crippen LogP contribution in [0.1, 0.15) is 25.6 Å². The van der Waals surface area contributed by atoms with Gasteiger partial charge in [0.25, 0.3) is 0 Å². The number of hydrogen-bond donors (Lipinski definition) is 1. The Morgan fingerprint density at radius 1 is 1.26 bits per heavy atom. The van der Waals surface area contributed by atoms with Gasteiger partial charge in [-0.25, -0.2) is 4.39 Å². The van der Waals surface area contributed by atoms with E-state index in [2.05, 4.69) is 4.98 Å². The van der Waals surface area contributed by atoms with E-state index >= 15 is 0 Å². The van der Waals surface area contributed by atoms with Gasteiger partial charge in [0.15, 0.2) is 0 Å². The van der Waals surface area contributed by atoms with Gasteiger partial charge in [-0.05, 0) is 44.2 Å². The lowest BCUT2D eigenvalue weighted by molar-refractivity contribution is 0.194. The number of hydrogen-bond acceptors (Lipinski definition) is 3. The monoisotopic (exact) mass is 260 g/mol. The van der Waals surface area contributed by atoms with Crippen molar-refractivity contribution in [2.45, 2.75) is 20.0 Å². The summed E-state index contributed by atoms with van der Waals surface area (Å²) in [5.41, 5.74) is 2.28. The maximum atomic E-state index is 13.3. The van der Waals surface area contributed by atoms with E-state index < -0.39 is 6.10 Å². The highest BCUT2D eigenvalue weighted by atomic mass is 19.1. The van der Waals surface area contributed by atoms with Gasteiger partial charge in [0.05, 0.1) is 23.7 Å². The molecule has 2 aromatic rings. The Bertz CT molecular complexity index is 540. The molecule has 1 aromatic heterocycles. The minimum Gasteiger partial charge on any atom is -0.387 e. The molecule has 0 fully saturated rings. The second kappa shape index (κ2) is 5.80. The summed E-state index contributed by atoms with van der Waals surface area (Å²) < 4.78 is 13.3. The minimum atomic E-state index is -0.585. The Morgan fingerprint density at radius 3 is 2.58 bits per heavy atom.